The molecule has 0 aliphatic rings. The van der Waals surface area contributed by atoms with Crippen LogP contribution in [0.2, 0.25) is 0 Å². The van der Waals surface area contributed by atoms with Crippen LogP contribution in [0.3, 0.4) is 0 Å². The molecule has 0 aromatic rings. The zero-order chi connectivity index (χ0) is 12.8. The van der Waals surface area contributed by atoms with Crippen molar-refractivity contribution in [3.05, 3.63) is 12.2 Å². The Balaban J connectivity index is 3.21. The van der Waals surface area contributed by atoms with Crippen LogP contribution >= 0.6 is 7.80 Å². The fraction of sp³-hybridized carbons (Fsp3) is 0.867. The van der Waals surface area contributed by atoms with Crippen LogP contribution in [0.15, 0.2) is 12.2 Å². The summed E-state index contributed by atoms with van der Waals surface area (Å²) < 4.78 is 11.7. The second-order valence-electron chi connectivity index (χ2n) is 4.75. The van der Waals surface area contributed by atoms with Gasteiger partial charge in [0.2, 0.25) is 0 Å². The van der Waals surface area contributed by atoms with Gasteiger partial charge in [-0.15, -0.1) is 0 Å². The van der Waals surface area contributed by atoms with E-state index >= 15 is 0 Å². The lowest BCUT2D eigenvalue weighted by Gasteiger charge is -1.93. The predicted octanol–water partition coefficient (Wildman–Crippen LogP) is 5.92. The van der Waals surface area contributed by atoms with Crippen molar-refractivity contribution in [3.8, 4) is 0 Å². The molecule has 0 saturated carbocycles. The summed E-state index contributed by atoms with van der Waals surface area (Å²) in [6.07, 6.45) is 17.4. The lowest BCUT2D eigenvalue weighted by Crippen LogP contribution is -1.85. The van der Waals surface area contributed by atoms with Crippen molar-refractivity contribution in [1.29, 1.82) is 0 Å². The molecule has 0 aliphatic heterocycles. The largest absolute Gasteiger partial charge is 0.338 e. The van der Waals surface area contributed by atoms with E-state index in [1.54, 1.807) is 0 Å². The second-order valence-corrected chi connectivity index (χ2v) is 6.60. The number of rotatable bonds is 12. The molecule has 0 spiro atoms. The molecule has 0 aromatic heterocycles. The van der Waals surface area contributed by atoms with Gasteiger partial charge in [0.25, 0.3) is 0 Å². The highest BCUT2D eigenvalue weighted by molar-refractivity contribution is 7.44. The van der Waals surface area contributed by atoms with E-state index in [4.69, 9.17) is 0 Å². The van der Waals surface area contributed by atoms with E-state index in [1.807, 2.05) is 0 Å². The summed E-state index contributed by atoms with van der Waals surface area (Å²) in [6, 6.07) is 0. The average Bonchev–Trinajstić information content (AvgIpc) is 2.33. The number of allylic oxidation sites excluding steroid dienone is 2. The third-order valence-corrected chi connectivity index (χ3v) is 4.54. The first-order valence-electron chi connectivity index (χ1n) is 7.38. The Hall–Kier alpha value is -0.160. The Morgan fingerprint density at radius 3 is 2.06 bits per heavy atom. The van der Waals surface area contributed by atoms with Gasteiger partial charge in [-0.05, 0) is 38.5 Å². The Morgan fingerprint density at radius 1 is 0.765 bits per heavy atom. The van der Waals surface area contributed by atoms with Crippen molar-refractivity contribution < 1.29 is 4.57 Å². The highest BCUT2D eigenvalue weighted by Gasteiger charge is 2.12. The van der Waals surface area contributed by atoms with Crippen molar-refractivity contribution >= 4 is 7.80 Å². The highest BCUT2D eigenvalue weighted by Crippen LogP contribution is 2.24. The molecule has 0 amide bonds. The van der Waals surface area contributed by atoms with Gasteiger partial charge in [0, 0.05) is 0 Å². The van der Waals surface area contributed by atoms with Gasteiger partial charge in [-0.25, -0.2) is 0 Å². The van der Waals surface area contributed by atoms with Crippen molar-refractivity contribution in [2.24, 2.45) is 0 Å². The van der Waals surface area contributed by atoms with Crippen LogP contribution in [0.1, 0.15) is 71.6 Å². The van der Waals surface area contributed by atoms with E-state index in [0.717, 1.165) is 18.7 Å². The van der Waals surface area contributed by atoms with Crippen LogP contribution in [-0.2, 0) is 4.57 Å². The van der Waals surface area contributed by atoms with Gasteiger partial charge in [0.15, 0.2) is 0 Å². The third-order valence-electron chi connectivity index (χ3n) is 2.91. The zero-order valence-corrected chi connectivity index (χ0v) is 12.7. The SMILES string of the molecule is CCCC=CCCCC[P+](=O)CCCCCC. The molecule has 17 heavy (non-hydrogen) atoms. The van der Waals surface area contributed by atoms with E-state index in [9.17, 15) is 4.57 Å². The summed E-state index contributed by atoms with van der Waals surface area (Å²) >= 11 is 0. The highest BCUT2D eigenvalue weighted by atomic mass is 31.1. The predicted molar refractivity (Wildman–Crippen MR) is 79.4 cm³/mol. The molecule has 100 valence electrons. The summed E-state index contributed by atoms with van der Waals surface area (Å²) in [7, 11) is -0.899. The van der Waals surface area contributed by atoms with E-state index in [-0.39, 0.29) is 0 Å². The van der Waals surface area contributed by atoms with E-state index < -0.39 is 7.80 Å². The first kappa shape index (κ1) is 16.8. The van der Waals surface area contributed by atoms with Crippen LogP contribution < -0.4 is 0 Å². The van der Waals surface area contributed by atoms with Crippen molar-refractivity contribution in [2.45, 2.75) is 71.6 Å². The normalized spacial score (nSPS) is 12.2. The molecular formula is C15H30OP+. The maximum absolute atomic E-state index is 11.7. The van der Waals surface area contributed by atoms with Crippen LogP contribution in [0, 0.1) is 0 Å². The standard InChI is InChI=1S/C15H30OP/c1-3-5-7-9-10-11-13-15-17(16)14-12-8-6-4-2/h7,9H,3-6,8,10-15H2,1-2H3/q+1. The topological polar surface area (TPSA) is 17.1 Å². The minimum atomic E-state index is -0.899. The first-order valence-corrected chi connectivity index (χ1v) is 9.01. The number of unbranched alkanes of at least 4 members (excludes halogenated alkanes) is 6. The molecule has 0 fully saturated rings. The minimum Gasteiger partial charge on any atom is -0.0885 e. The Labute approximate surface area is 109 Å². The summed E-state index contributed by atoms with van der Waals surface area (Å²) in [5.41, 5.74) is 0. The molecule has 1 atom stereocenters. The molecule has 1 unspecified atom stereocenters. The van der Waals surface area contributed by atoms with Gasteiger partial charge in [0.05, 0.1) is 0 Å². The van der Waals surface area contributed by atoms with Gasteiger partial charge in [-0.2, -0.15) is 0 Å². The van der Waals surface area contributed by atoms with Crippen molar-refractivity contribution in [1.82, 2.24) is 0 Å². The Bertz CT molecular complexity index is 199. The molecule has 0 bridgehead atoms. The fourth-order valence-corrected chi connectivity index (χ4v) is 3.16. The number of hydrogen-bond acceptors (Lipinski definition) is 1. The molecule has 2 heteroatoms. The molecule has 0 aliphatic carbocycles. The smallest absolute Gasteiger partial charge is 0.0885 e. The molecule has 1 nitrogen and oxygen atoms in total. The third kappa shape index (κ3) is 13.8. The molecule has 0 aromatic carbocycles. The lowest BCUT2D eigenvalue weighted by molar-refractivity contribution is 0.581. The van der Waals surface area contributed by atoms with Gasteiger partial charge < -0.3 is 0 Å². The second kappa shape index (κ2) is 13.9. The lowest BCUT2D eigenvalue weighted by atomic mass is 10.2. The van der Waals surface area contributed by atoms with Crippen molar-refractivity contribution in [3.63, 3.8) is 0 Å². The zero-order valence-electron chi connectivity index (χ0n) is 11.8. The van der Waals surface area contributed by atoms with Gasteiger partial charge >= 0.3 is 7.80 Å². The fourth-order valence-electron chi connectivity index (χ4n) is 1.78. The Kier molecular flexibility index (Phi) is 13.8. The summed E-state index contributed by atoms with van der Waals surface area (Å²) in [5.74, 6) is 0. The maximum Gasteiger partial charge on any atom is 0.338 e. The van der Waals surface area contributed by atoms with Crippen LogP contribution in [0.4, 0.5) is 0 Å². The molecule has 0 rings (SSSR count). The number of hydrogen-bond donors (Lipinski definition) is 0. The van der Waals surface area contributed by atoms with Crippen LogP contribution in [0.5, 0.6) is 0 Å². The first-order chi connectivity index (χ1) is 8.31. The summed E-state index contributed by atoms with van der Waals surface area (Å²) in [5, 5.41) is 0. The molecule has 0 saturated heterocycles. The van der Waals surface area contributed by atoms with Gasteiger partial charge in [0.1, 0.15) is 12.3 Å². The van der Waals surface area contributed by atoms with Crippen LogP contribution in [-0.4, -0.2) is 12.3 Å². The van der Waals surface area contributed by atoms with Crippen LogP contribution in [0.25, 0.3) is 0 Å². The summed E-state index contributed by atoms with van der Waals surface area (Å²) in [6.45, 7) is 4.42. The van der Waals surface area contributed by atoms with Crippen molar-refractivity contribution in [2.75, 3.05) is 12.3 Å². The quantitative estimate of drug-likeness (QED) is 0.241. The molecular weight excluding hydrogens is 227 g/mol. The van der Waals surface area contributed by atoms with E-state index in [2.05, 4.69) is 26.0 Å². The average molecular weight is 257 g/mol. The maximum atomic E-state index is 11.7. The van der Waals surface area contributed by atoms with Gasteiger partial charge in [-0.3, -0.25) is 0 Å². The van der Waals surface area contributed by atoms with E-state index in [1.165, 1.54) is 51.4 Å². The molecule has 0 radical (unpaired) electrons. The van der Waals surface area contributed by atoms with Gasteiger partial charge in [-0.1, -0.05) is 49.8 Å². The summed E-state index contributed by atoms with van der Waals surface area (Å²) in [4.78, 5) is 0. The Morgan fingerprint density at radius 2 is 1.41 bits per heavy atom. The monoisotopic (exact) mass is 257 g/mol. The van der Waals surface area contributed by atoms with E-state index in [0.29, 0.717) is 0 Å². The molecule has 0 heterocycles. The molecule has 0 N–H and O–H groups in total. The minimum absolute atomic E-state index is 0.899.